The lowest BCUT2D eigenvalue weighted by Crippen LogP contribution is -2.45. The average Bonchev–Trinajstić information content (AvgIpc) is 3.55. The molecule has 0 saturated carbocycles. The number of aryl methyl sites for hydroxylation is 1. The van der Waals surface area contributed by atoms with Crippen LogP contribution >= 0.6 is 11.3 Å². The quantitative estimate of drug-likeness (QED) is 0.388. The Morgan fingerprint density at radius 3 is 2.54 bits per heavy atom. The highest BCUT2D eigenvalue weighted by molar-refractivity contribution is 7.09. The van der Waals surface area contributed by atoms with E-state index in [-0.39, 0.29) is 24.4 Å². The number of ether oxygens (including phenoxy) is 3. The summed E-state index contributed by atoms with van der Waals surface area (Å²) in [5, 5.41) is 24.8. The van der Waals surface area contributed by atoms with Crippen molar-refractivity contribution in [2.45, 2.75) is 105 Å². The first-order valence-electron chi connectivity index (χ1n) is 14.0. The number of hydrogen-bond acceptors (Lipinski definition) is 9. The molecule has 3 heterocycles. The van der Waals surface area contributed by atoms with E-state index < -0.39 is 35.6 Å². The number of ketones is 1. The van der Waals surface area contributed by atoms with E-state index in [4.69, 9.17) is 14.2 Å². The van der Waals surface area contributed by atoms with E-state index >= 15 is 0 Å². The van der Waals surface area contributed by atoms with Gasteiger partial charge in [-0.2, -0.15) is 0 Å². The van der Waals surface area contributed by atoms with Crippen LogP contribution in [-0.2, 0) is 23.8 Å². The van der Waals surface area contributed by atoms with Crippen molar-refractivity contribution in [3.63, 3.8) is 0 Å². The molecule has 0 bridgehead atoms. The zero-order valence-corrected chi connectivity index (χ0v) is 25.0. The van der Waals surface area contributed by atoms with Gasteiger partial charge >= 0.3 is 5.97 Å². The molecule has 5 atom stereocenters. The normalized spacial score (nSPS) is 32.1. The van der Waals surface area contributed by atoms with E-state index in [0.717, 1.165) is 41.1 Å². The lowest BCUT2D eigenvalue weighted by Gasteiger charge is -2.34. The number of aliphatic hydroxyl groups excluding tert-OH is 2. The first kappa shape index (κ1) is 31.6. The van der Waals surface area contributed by atoms with Crippen molar-refractivity contribution in [1.82, 2.24) is 4.98 Å². The largest absolute Gasteiger partial charge is 0.457 e. The summed E-state index contributed by atoms with van der Waals surface area (Å²) in [7, 11) is 0. The topological polar surface area (TPSA) is 115 Å². The Morgan fingerprint density at radius 1 is 1.21 bits per heavy atom. The molecule has 9 heteroatoms. The summed E-state index contributed by atoms with van der Waals surface area (Å²) in [5.74, 6) is -1.63. The standard InChI is InChI=1S/C30H45NO7S/c1-18-8-7-9-22(15-27-36-12-13-37-27)10-11-24(19(2)14-23-17-39-21(4)31-23)38-26(33)16-25(32)30(5,6)29(35)20(3)28(18)34/h10,14,17-18,20,24-25,27-28,32,34H,7-9,11-13,15-16H2,1-6H3/b19-14+,22-10+/t18-,20+,24-,25-,28-/m0/s1. The number of Topliss-reactive ketones (excluding diaryl/α,β-unsaturated/α-hetero) is 1. The Bertz CT molecular complexity index is 1040. The molecule has 0 aliphatic carbocycles. The highest BCUT2D eigenvalue weighted by atomic mass is 32.1. The van der Waals surface area contributed by atoms with Gasteiger partial charge in [0.1, 0.15) is 11.9 Å². The van der Waals surface area contributed by atoms with Gasteiger partial charge in [-0.15, -0.1) is 11.3 Å². The number of esters is 1. The number of carbonyl (C=O) groups is 2. The van der Waals surface area contributed by atoms with Crippen LogP contribution in [0.4, 0.5) is 0 Å². The maximum Gasteiger partial charge on any atom is 0.309 e. The van der Waals surface area contributed by atoms with E-state index in [9.17, 15) is 19.8 Å². The van der Waals surface area contributed by atoms with Crippen LogP contribution in [0.1, 0.15) is 83.8 Å². The lowest BCUT2D eigenvalue weighted by atomic mass is 9.73. The molecule has 218 valence electrons. The predicted octanol–water partition coefficient (Wildman–Crippen LogP) is 5.01. The van der Waals surface area contributed by atoms with Crippen molar-refractivity contribution < 1.29 is 34.0 Å². The third-order valence-electron chi connectivity index (χ3n) is 8.03. The number of hydrogen-bond donors (Lipinski definition) is 2. The van der Waals surface area contributed by atoms with Crippen LogP contribution in [0.15, 0.2) is 22.6 Å². The van der Waals surface area contributed by atoms with Crippen LogP contribution in [0.2, 0.25) is 0 Å². The molecule has 39 heavy (non-hydrogen) atoms. The number of aromatic nitrogens is 1. The van der Waals surface area contributed by atoms with Gasteiger partial charge in [0.25, 0.3) is 0 Å². The van der Waals surface area contributed by atoms with Gasteiger partial charge in [0.05, 0.1) is 48.0 Å². The zero-order valence-electron chi connectivity index (χ0n) is 24.1. The van der Waals surface area contributed by atoms with Crippen molar-refractivity contribution >= 4 is 29.2 Å². The number of thiazole rings is 1. The monoisotopic (exact) mass is 563 g/mol. The molecular weight excluding hydrogens is 518 g/mol. The van der Waals surface area contributed by atoms with E-state index in [1.807, 2.05) is 32.2 Å². The van der Waals surface area contributed by atoms with Gasteiger partial charge < -0.3 is 24.4 Å². The molecule has 2 aliphatic heterocycles. The summed E-state index contributed by atoms with van der Waals surface area (Å²) in [5.41, 5.74) is 1.57. The molecule has 2 aliphatic rings. The summed E-state index contributed by atoms with van der Waals surface area (Å²) in [6.45, 7) is 11.9. The van der Waals surface area contributed by atoms with Crippen molar-refractivity contribution in [3.8, 4) is 0 Å². The first-order chi connectivity index (χ1) is 18.4. The van der Waals surface area contributed by atoms with Crippen LogP contribution in [-0.4, -0.2) is 64.8 Å². The van der Waals surface area contributed by atoms with E-state index in [1.54, 1.807) is 32.1 Å². The predicted molar refractivity (Wildman–Crippen MR) is 151 cm³/mol. The van der Waals surface area contributed by atoms with E-state index in [2.05, 4.69) is 11.1 Å². The second-order valence-electron chi connectivity index (χ2n) is 11.6. The number of carbonyl (C=O) groups excluding carboxylic acids is 2. The maximum absolute atomic E-state index is 13.3. The van der Waals surface area contributed by atoms with E-state index in [1.165, 1.54) is 0 Å². The maximum atomic E-state index is 13.3. The van der Waals surface area contributed by atoms with Gasteiger partial charge in [-0.25, -0.2) is 4.98 Å². The summed E-state index contributed by atoms with van der Waals surface area (Å²) in [6, 6.07) is 0. The zero-order chi connectivity index (χ0) is 28.7. The van der Waals surface area contributed by atoms with E-state index in [0.29, 0.717) is 26.1 Å². The first-order valence-corrected chi connectivity index (χ1v) is 14.9. The van der Waals surface area contributed by atoms with Crippen molar-refractivity contribution in [3.05, 3.63) is 33.3 Å². The minimum Gasteiger partial charge on any atom is -0.457 e. The molecule has 0 spiro atoms. The molecular formula is C30H45NO7S. The Labute approximate surface area is 236 Å². The smallest absolute Gasteiger partial charge is 0.309 e. The summed E-state index contributed by atoms with van der Waals surface area (Å²) < 4.78 is 17.3. The lowest BCUT2D eigenvalue weighted by molar-refractivity contribution is -0.154. The molecule has 1 aromatic heterocycles. The van der Waals surface area contributed by atoms with Gasteiger partial charge in [0.2, 0.25) is 0 Å². The Balaban J connectivity index is 1.91. The summed E-state index contributed by atoms with van der Waals surface area (Å²) >= 11 is 1.55. The second-order valence-corrected chi connectivity index (χ2v) is 12.6. The fraction of sp³-hybridized carbons (Fsp3) is 0.700. The Morgan fingerprint density at radius 2 is 1.90 bits per heavy atom. The average molecular weight is 564 g/mol. The number of aliphatic hydroxyl groups is 2. The van der Waals surface area contributed by atoms with Crippen LogP contribution in [0, 0.1) is 24.2 Å². The third-order valence-corrected chi connectivity index (χ3v) is 8.82. The van der Waals surface area contributed by atoms with Crippen LogP contribution in [0.25, 0.3) is 6.08 Å². The van der Waals surface area contributed by atoms with Gasteiger partial charge in [-0.3, -0.25) is 9.59 Å². The minimum atomic E-state index is -1.25. The fourth-order valence-electron chi connectivity index (χ4n) is 5.24. The number of nitrogens with zero attached hydrogens (tertiary/aromatic N) is 1. The molecule has 3 rings (SSSR count). The molecule has 1 fully saturated rings. The van der Waals surface area contributed by atoms with Gasteiger partial charge in [0, 0.05) is 24.1 Å². The van der Waals surface area contributed by atoms with Gasteiger partial charge in [-0.1, -0.05) is 39.3 Å². The van der Waals surface area contributed by atoms with Crippen molar-refractivity contribution in [2.75, 3.05) is 13.2 Å². The molecule has 0 aromatic carbocycles. The highest BCUT2D eigenvalue weighted by Gasteiger charge is 2.42. The molecule has 1 saturated heterocycles. The van der Waals surface area contributed by atoms with Crippen molar-refractivity contribution in [2.24, 2.45) is 17.3 Å². The van der Waals surface area contributed by atoms with Gasteiger partial charge in [-0.05, 0) is 50.7 Å². The molecule has 0 amide bonds. The summed E-state index contributed by atoms with van der Waals surface area (Å²) in [6.07, 6.45) is 4.17. The van der Waals surface area contributed by atoms with Crippen LogP contribution in [0.3, 0.4) is 0 Å². The molecule has 8 nitrogen and oxygen atoms in total. The number of rotatable bonds is 4. The highest BCUT2D eigenvalue weighted by Crippen LogP contribution is 2.33. The van der Waals surface area contributed by atoms with Crippen LogP contribution < -0.4 is 0 Å². The summed E-state index contributed by atoms with van der Waals surface area (Å²) in [4.78, 5) is 30.9. The van der Waals surface area contributed by atoms with Crippen LogP contribution in [0.5, 0.6) is 0 Å². The number of cyclic esters (lactones) is 1. The molecule has 0 unspecified atom stereocenters. The van der Waals surface area contributed by atoms with Crippen molar-refractivity contribution in [1.29, 1.82) is 0 Å². The van der Waals surface area contributed by atoms with Gasteiger partial charge in [0.15, 0.2) is 6.29 Å². The molecule has 2 N–H and O–H groups in total. The molecule has 0 radical (unpaired) electrons. The second kappa shape index (κ2) is 14.1. The SMILES string of the molecule is C/C(=C\c1csc(C)n1)[C@@H]1C/C=C(/CC2OCCO2)CCC[C@H](C)[C@H](O)[C@@H](C)C(=O)C(C)(C)[C@@H](O)CC(=O)O1. The minimum absolute atomic E-state index is 0.102. The Hall–Kier alpha value is -1.91. The fourth-order valence-corrected chi connectivity index (χ4v) is 5.81. The Kier molecular flexibility index (Phi) is 11.5. The molecule has 1 aromatic rings. The third kappa shape index (κ3) is 8.79.